The van der Waals surface area contributed by atoms with Crippen molar-refractivity contribution < 1.29 is 22.5 Å². The number of nitro groups is 1. The number of nitrogens with zero attached hydrogens (tertiary/aromatic N) is 1. The third kappa shape index (κ3) is 2.27. The number of nitrogens with two attached hydrogens (primary N) is 1. The molecule has 0 aromatic heterocycles. The smallest absolute Gasteiger partial charge is 0.326 e. The zero-order valence-corrected chi connectivity index (χ0v) is 7.71. The molecule has 0 bridgehead atoms. The van der Waals surface area contributed by atoms with Gasteiger partial charge in [0, 0.05) is 18.2 Å². The van der Waals surface area contributed by atoms with Gasteiger partial charge in [-0.15, -0.1) is 0 Å². The lowest BCUT2D eigenvalue weighted by Crippen LogP contribution is -2.10. The van der Waals surface area contributed by atoms with E-state index in [1.807, 2.05) is 0 Å². The molecular formula is C8H6F4N2O2. The Morgan fingerprint density at radius 3 is 2.31 bits per heavy atom. The van der Waals surface area contributed by atoms with E-state index in [1.165, 1.54) is 0 Å². The highest BCUT2D eigenvalue weighted by Crippen LogP contribution is 2.34. The van der Waals surface area contributed by atoms with Crippen molar-refractivity contribution in [2.75, 3.05) is 0 Å². The van der Waals surface area contributed by atoms with Gasteiger partial charge in [0.1, 0.15) is 0 Å². The molecule has 0 amide bonds. The van der Waals surface area contributed by atoms with Gasteiger partial charge in [0.15, 0.2) is 0 Å². The summed E-state index contributed by atoms with van der Waals surface area (Å²) in [6, 6.07) is 0.608. The van der Waals surface area contributed by atoms with Crippen LogP contribution in [0, 0.1) is 15.9 Å². The summed E-state index contributed by atoms with van der Waals surface area (Å²) in [7, 11) is 0. The molecule has 4 nitrogen and oxygen atoms in total. The second kappa shape index (κ2) is 4.05. The van der Waals surface area contributed by atoms with E-state index in [9.17, 15) is 27.7 Å². The van der Waals surface area contributed by atoms with Gasteiger partial charge in [-0.1, -0.05) is 0 Å². The van der Waals surface area contributed by atoms with Crippen molar-refractivity contribution in [1.29, 1.82) is 0 Å². The predicted molar refractivity (Wildman–Crippen MR) is 45.9 cm³/mol. The standard InChI is InChI=1S/C8H6F4N2O2/c9-7-4(3-13)1-5(8(10,11)12)2-6(7)14(15)16/h1-2H,3,13H2. The summed E-state index contributed by atoms with van der Waals surface area (Å²) in [5.74, 6) is -1.33. The molecule has 8 heteroatoms. The van der Waals surface area contributed by atoms with Gasteiger partial charge in [-0.3, -0.25) is 10.1 Å². The fourth-order valence-corrected chi connectivity index (χ4v) is 1.11. The summed E-state index contributed by atoms with van der Waals surface area (Å²) in [6.45, 7) is -0.545. The van der Waals surface area contributed by atoms with E-state index < -0.39 is 40.3 Å². The van der Waals surface area contributed by atoms with E-state index in [2.05, 4.69) is 0 Å². The molecule has 1 aromatic rings. The highest BCUT2D eigenvalue weighted by molar-refractivity contribution is 5.42. The van der Waals surface area contributed by atoms with Crippen LogP contribution < -0.4 is 5.73 Å². The van der Waals surface area contributed by atoms with E-state index in [-0.39, 0.29) is 6.07 Å². The molecule has 0 aliphatic carbocycles. The van der Waals surface area contributed by atoms with Crippen molar-refractivity contribution in [3.8, 4) is 0 Å². The molecule has 0 aliphatic heterocycles. The monoisotopic (exact) mass is 238 g/mol. The lowest BCUT2D eigenvalue weighted by Gasteiger charge is -2.09. The minimum absolute atomic E-state index is 0.147. The molecular weight excluding hydrogens is 232 g/mol. The predicted octanol–water partition coefficient (Wildman–Crippen LogP) is 2.21. The lowest BCUT2D eigenvalue weighted by molar-refractivity contribution is -0.387. The van der Waals surface area contributed by atoms with Gasteiger partial charge >= 0.3 is 11.9 Å². The van der Waals surface area contributed by atoms with E-state index in [0.717, 1.165) is 0 Å². The second-order valence-electron chi connectivity index (χ2n) is 2.93. The maximum absolute atomic E-state index is 13.2. The maximum atomic E-state index is 13.2. The molecule has 1 aromatic carbocycles. The molecule has 0 unspecified atom stereocenters. The van der Waals surface area contributed by atoms with Crippen molar-refractivity contribution in [1.82, 2.24) is 0 Å². The first-order chi connectivity index (χ1) is 7.27. The molecule has 0 saturated heterocycles. The largest absolute Gasteiger partial charge is 0.416 e. The van der Waals surface area contributed by atoms with Crippen molar-refractivity contribution in [2.45, 2.75) is 12.7 Å². The van der Waals surface area contributed by atoms with Crippen LogP contribution >= 0.6 is 0 Å². The van der Waals surface area contributed by atoms with Gasteiger partial charge < -0.3 is 5.73 Å². The Bertz CT molecular complexity index is 431. The Kier molecular flexibility index (Phi) is 3.13. The zero-order valence-electron chi connectivity index (χ0n) is 7.71. The molecule has 0 spiro atoms. The number of benzene rings is 1. The number of hydrogen-bond donors (Lipinski definition) is 1. The van der Waals surface area contributed by atoms with E-state index in [4.69, 9.17) is 5.73 Å². The molecule has 0 atom stereocenters. The summed E-state index contributed by atoms with van der Waals surface area (Å²) in [5.41, 5.74) is 1.94. The Hall–Kier alpha value is -1.70. The van der Waals surface area contributed by atoms with Gasteiger partial charge in [-0.2, -0.15) is 17.6 Å². The Balaban J connectivity index is 3.46. The summed E-state index contributed by atoms with van der Waals surface area (Å²) < 4.78 is 50.1. The van der Waals surface area contributed by atoms with E-state index >= 15 is 0 Å². The van der Waals surface area contributed by atoms with Crippen LogP contribution in [0.25, 0.3) is 0 Å². The van der Waals surface area contributed by atoms with Crippen LogP contribution in [0.2, 0.25) is 0 Å². The highest BCUT2D eigenvalue weighted by Gasteiger charge is 2.34. The number of nitro benzene ring substituents is 1. The number of halogens is 4. The minimum atomic E-state index is -4.78. The van der Waals surface area contributed by atoms with E-state index in [1.54, 1.807) is 0 Å². The molecule has 0 saturated carbocycles. The molecule has 16 heavy (non-hydrogen) atoms. The Morgan fingerprint density at radius 2 is 1.94 bits per heavy atom. The number of rotatable bonds is 2. The Morgan fingerprint density at radius 1 is 1.38 bits per heavy atom. The molecule has 88 valence electrons. The SMILES string of the molecule is NCc1cc(C(F)(F)F)cc([N+](=O)[O-])c1F. The maximum Gasteiger partial charge on any atom is 0.416 e. The van der Waals surface area contributed by atoms with Gasteiger partial charge in [-0.05, 0) is 6.07 Å². The fourth-order valence-electron chi connectivity index (χ4n) is 1.11. The van der Waals surface area contributed by atoms with E-state index in [0.29, 0.717) is 6.07 Å². The van der Waals surface area contributed by atoms with Crippen LogP contribution in [-0.2, 0) is 12.7 Å². The first-order valence-corrected chi connectivity index (χ1v) is 4.01. The van der Waals surface area contributed by atoms with Crippen molar-refractivity contribution >= 4 is 5.69 Å². The molecule has 1 rings (SSSR count). The van der Waals surface area contributed by atoms with Crippen LogP contribution in [0.5, 0.6) is 0 Å². The third-order valence-electron chi connectivity index (χ3n) is 1.87. The van der Waals surface area contributed by atoms with Gasteiger partial charge in [-0.25, -0.2) is 0 Å². The molecule has 2 N–H and O–H groups in total. The quantitative estimate of drug-likeness (QED) is 0.487. The summed E-state index contributed by atoms with van der Waals surface area (Å²) in [6.07, 6.45) is -4.78. The average molecular weight is 238 g/mol. The minimum Gasteiger partial charge on any atom is -0.326 e. The Labute approximate surface area is 86.8 Å². The number of alkyl halides is 3. The third-order valence-corrected chi connectivity index (χ3v) is 1.87. The average Bonchev–Trinajstić information content (AvgIpc) is 2.15. The first-order valence-electron chi connectivity index (χ1n) is 4.01. The second-order valence-corrected chi connectivity index (χ2v) is 2.93. The molecule has 0 heterocycles. The van der Waals surface area contributed by atoms with Gasteiger partial charge in [0.25, 0.3) is 0 Å². The molecule has 0 aliphatic rings. The van der Waals surface area contributed by atoms with Gasteiger partial charge in [0.2, 0.25) is 5.82 Å². The summed E-state index contributed by atoms with van der Waals surface area (Å²) >= 11 is 0. The summed E-state index contributed by atoms with van der Waals surface area (Å²) in [4.78, 5) is 9.11. The summed E-state index contributed by atoms with van der Waals surface area (Å²) in [5, 5.41) is 10.3. The molecule has 0 radical (unpaired) electrons. The molecule has 0 fully saturated rings. The van der Waals surface area contributed by atoms with Crippen LogP contribution in [-0.4, -0.2) is 4.92 Å². The van der Waals surface area contributed by atoms with Crippen LogP contribution in [0.1, 0.15) is 11.1 Å². The lowest BCUT2D eigenvalue weighted by atomic mass is 10.1. The number of hydrogen-bond acceptors (Lipinski definition) is 3. The zero-order chi connectivity index (χ0) is 12.5. The van der Waals surface area contributed by atoms with Crippen molar-refractivity contribution in [3.63, 3.8) is 0 Å². The van der Waals surface area contributed by atoms with Crippen molar-refractivity contribution in [2.24, 2.45) is 5.73 Å². The highest BCUT2D eigenvalue weighted by atomic mass is 19.4. The first kappa shape index (κ1) is 12.4. The van der Waals surface area contributed by atoms with Crippen LogP contribution in [0.15, 0.2) is 12.1 Å². The van der Waals surface area contributed by atoms with Crippen LogP contribution in [0.4, 0.5) is 23.2 Å². The fraction of sp³-hybridized carbons (Fsp3) is 0.250. The van der Waals surface area contributed by atoms with Gasteiger partial charge in [0.05, 0.1) is 10.5 Å². The van der Waals surface area contributed by atoms with Crippen LogP contribution in [0.3, 0.4) is 0 Å². The van der Waals surface area contributed by atoms with Crippen molar-refractivity contribution in [3.05, 3.63) is 39.2 Å². The normalized spacial score (nSPS) is 11.6. The topological polar surface area (TPSA) is 69.2 Å².